The van der Waals surface area contributed by atoms with Crippen molar-refractivity contribution in [3.8, 4) is 0 Å². The molecule has 5 nitrogen and oxygen atoms in total. The Labute approximate surface area is 114 Å². The van der Waals surface area contributed by atoms with E-state index in [1.165, 1.54) is 12.3 Å². The predicted molar refractivity (Wildman–Crippen MR) is 70.6 cm³/mol. The summed E-state index contributed by atoms with van der Waals surface area (Å²) in [6, 6.07) is 3.85. The first kappa shape index (κ1) is 14.2. The molecule has 1 aromatic carbocycles. The maximum Gasteiger partial charge on any atom is 0.263 e. The van der Waals surface area contributed by atoms with Crippen LogP contribution in [0.3, 0.4) is 0 Å². The molecule has 1 heterocycles. The summed E-state index contributed by atoms with van der Waals surface area (Å²) in [5.41, 5.74) is 6.41. The summed E-state index contributed by atoms with van der Waals surface area (Å²) in [7, 11) is -4.05. The number of nitrogens with two attached hydrogens (primary N) is 1. The van der Waals surface area contributed by atoms with Crippen molar-refractivity contribution in [3.63, 3.8) is 0 Å². The van der Waals surface area contributed by atoms with Crippen molar-refractivity contribution in [3.05, 3.63) is 47.7 Å². The van der Waals surface area contributed by atoms with Gasteiger partial charge in [-0.2, -0.15) is 0 Å². The summed E-state index contributed by atoms with van der Waals surface area (Å²) >= 11 is 0. The molecule has 2 aromatic rings. The Balaban J connectivity index is 2.38. The summed E-state index contributed by atoms with van der Waals surface area (Å²) in [6.45, 7) is 1.62. The largest absolute Gasteiger partial charge is 0.397 e. The summed E-state index contributed by atoms with van der Waals surface area (Å²) in [6.07, 6.45) is 1.29. The van der Waals surface area contributed by atoms with Crippen LogP contribution in [-0.2, 0) is 10.0 Å². The van der Waals surface area contributed by atoms with Crippen molar-refractivity contribution in [1.82, 2.24) is 4.98 Å². The number of hydrogen-bond donors (Lipinski definition) is 2. The molecule has 0 spiro atoms. The van der Waals surface area contributed by atoms with Gasteiger partial charge in [0.25, 0.3) is 10.0 Å². The fraction of sp³-hybridized carbons (Fsp3) is 0.0833. The molecule has 0 saturated carbocycles. The van der Waals surface area contributed by atoms with Crippen LogP contribution in [0, 0.1) is 18.6 Å². The van der Waals surface area contributed by atoms with Crippen LogP contribution >= 0.6 is 0 Å². The number of hydrogen-bond acceptors (Lipinski definition) is 4. The Morgan fingerprint density at radius 1 is 1.20 bits per heavy atom. The molecule has 3 N–H and O–H groups in total. The number of aryl methyl sites for hydroxylation is 1. The number of anilines is 2. The third-order valence-corrected chi connectivity index (χ3v) is 3.87. The maximum absolute atomic E-state index is 13.1. The molecule has 0 saturated heterocycles. The van der Waals surface area contributed by atoms with Crippen LogP contribution in [0.25, 0.3) is 0 Å². The summed E-state index contributed by atoms with van der Waals surface area (Å²) in [5, 5.41) is 0. The first-order valence-corrected chi connectivity index (χ1v) is 6.98. The number of pyridine rings is 1. The van der Waals surface area contributed by atoms with Crippen LogP contribution in [0.2, 0.25) is 0 Å². The molecule has 0 aliphatic carbocycles. The van der Waals surface area contributed by atoms with Gasteiger partial charge in [0.2, 0.25) is 0 Å². The molecule has 0 aliphatic rings. The lowest BCUT2D eigenvalue weighted by molar-refractivity contribution is 0.504. The Morgan fingerprint density at radius 3 is 2.50 bits per heavy atom. The molecular weight excluding hydrogens is 288 g/mol. The summed E-state index contributed by atoms with van der Waals surface area (Å²) in [4.78, 5) is 3.45. The van der Waals surface area contributed by atoms with E-state index in [0.29, 0.717) is 17.3 Å². The highest BCUT2D eigenvalue weighted by atomic mass is 32.2. The van der Waals surface area contributed by atoms with Crippen molar-refractivity contribution in [2.75, 3.05) is 10.5 Å². The quantitative estimate of drug-likeness (QED) is 0.908. The Hall–Kier alpha value is -2.22. The maximum atomic E-state index is 13.1. The van der Waals surface area contributed by atoms with Crippen LogP contribution < -0.4 is 10.5 Å². The Bertz CT molecular complexity index is 763. The van der Waals surface area contributed by atoms with Gasteiger partial charge in [-0.15, -0.1) is 0 Å². The summed E-state index contributed by atoms with van der Waals surface area (Å²) in [5.74, 6) is -2.29. The first-order chi connectivity index (χ1) is 9.29. The Morgan fingerprint density at radius 2 is 1.90 bits per heavy atom. The molecule has 0 unspecified atom stereocenters. The first-order valence-electron chi connectivity index (χ1n) is 5.49. The molecule has 0 bridgehead atoms. The molecule has 1 aromatic heterocycles. The average molecular weight is 299 g/mol. The molecule has 0 amide bonds. The normalized spacial score (nSPS) is 11.3. The van der Waals surface area contributed by atoms with Gasteiger partial charge in [0.15, 0.2) is 11.6 Å². The molecule has 8 heteroatoms. The molecule has 106 valence electrons. The number of nitrogens with zero attached hydrogens (tertiary/aromatic N) is 1. The van der Waals surface area contributed by atoms with E-state index >= 15 is 0 Å². The lowest BCUT2D eigenvalue weighted by Gasteiger charge is -2.10. The van der Waals surface area contributed by atoms with Gasteiger partial charge in [-0.1, -0.05) is 0 Å². The average Bonchev–Trinajstić information content (AvgIpc) is 2.36. The second kappa shape index (κ2) is 5.04. The minimum absolute atomic E-state index is 0.0731. The van der Waals surface area contributed by atoms with Gasteiger partial charge in [-0.3, -0.25) is 4.72 Å². The van der Waals surface area contributed by atoms with E-state index in [0.717, 1.165) is 12.1 Å². The fourth-order valence-electron chi connectivity index (χ4n) is 1.53. The van der Waals surface area contributed by atoms with Gasteiger partial charge in [0, 0.05) is 0 Å². The van der Waals surface area contributed by atoms with Gasteiger partial charge in [0.1, 0.15) is 5.82 Å². The van der Waals surface area contributed by atoms with Gasteiger partial charge < -0.3 is 5.73 Å². The van der Waals surface area contributed by atoms with E-state index in [4.69, 9.17) is 5.73 Å². The number of nitrogens with one attached hydrogen (secondary N) is 1. The number of aromatic nitrogens is 1. The predicted octanol–water partition coefficient (Wildman–Crippen LogP) is 2.05. The molecule has 0 fully saturated rings. The van der Waals surface area contributed by atoms with E-state index in [9.17, 15) is 17.2 Å². The van der Waals surface area contributed by atoms with Gasteiger partial charge in [0.05, 0.1) is 16.8 Å². The lowest BCUT2D eigenvalue weighted by atomic mass is 10.3. The molecule has 2 rings (SSSR count). The van der Waals surface area contributed by atoms with Crippen molar-refractivity contribution in [2.24, 2.45) is 0 Å². The molecule has 0 atom stereocenters. The highest BCUT2D eigenvalue weighted by molar-refractivity contribution is 7.92. The van der Waals surface area contributed by atoms with Crippen LogP contribution in [0.1, 0.15) is 5.56 Å². The highest BCUT2D eigenvalue weighted by Crippen LogP contribution is 2.20. The molecule has 20 heavy (non-hydrogen) atoms. The number of rotatable bonds is 3. The van der Waals surface area contributed by atoms with Crippen LogP contribution in [0.15, 0.2) is 35.4 Å². The van der Waals surface area contributed by atoms with E-state index in [2.05, 4.69) is 9.71 Å². The van der Waals surface area contributed by atoms with Crippen LogP contribution in [-0.4, -0.2) is 13.4 Å². The minimum Gasteiger partial charge on any atom is -0.397 e. The third-order valence-electron chi connectivity index (χ3n) is 2.53. The van der Waals surface area contributed by atoms with Gasteiger partial charge in [-0.25, -0.2) is 22.2 Å². The Kier molecular flexibility index (Phi) is 3.58. The number of benzene rings is 1. The fourth-order valence-corrected chi connectivity index (χ4v) is 2.63. The monoisotopic (exact) mass is 299 g/mol. The molecule has 0 aliphatic heterocycles. The standard InChI is InChI=1S/C12H11F2N3O2S/c1-7-4-8(15)6-16-12(7)17-20(18,19)9-2-3-10(13)11(14)5-9/h2-6H,15H2,1H3,(H,16,17). The third kappa shape index (κ3) is 2.85. The molecule has 0 radical (unpaired) electrons. The lowest BCUT2D eigenvalue weighted by Crippen LogP contribution is -2.15. The van der Waals surface area contributed by atoms with Crippen molar-refractivity contribution in [1.29, 1.82) is 0 Å². The SMILES string of the molecule is Cc1cc(N)cnc1NS(=O)(=O)c1ccc(F)c(F)c1. The summed E-state index contributed by atoms with van der Waals surface area (Å²) < 4.78 is 52.1. The number of nitrogen functional groups attached to an aromatic ring is 1. The number of sulfonamides is 1. The van der Waals surface area contributed by atoms with E-state index < -0.39 is 26.6 Å². The van der Waals surface area contributed by atoms with E-state index in [-0.39, 0.29) is 5.82 Å². The second-order valence-corrected chi connectivity index (χ2v) is 5.80. The zero-order valence-electron chi connectivity index (χ0n) is 10.4. The van der Waals surface area contributed by atoms with Crippen molar-refractivity contribution >= 4 is 21.5 Å². The van der Waals surface area contributed by atoms with E-state index in [1.54, 1.807) is 6.92 Å². The van der Waals surface area contributed by atoms with Crippen LogP contribution in [0.5, 0.6) is 0 Å². The van der Waals surface area contributed by atoms with E-state index in [1.807, 2.05) is 0 Å². The van der Waals surface area contributed by atoms with Gasteiger partial charge >= 0.3 is 0 Å². The minimum atomic E-state index is -4.05. The second-order valence-electron chi connectivity index (χ2n) is 4.12. The van der Waals surface area contributed by atoms with Crippen molar-refractivity contribution < 1.29 is 17.2 Å². The number of halogens is 2. The van der Waals surface area contributed by atoms with Gasteiger partial charge in [-0.05, 0) is 36.8 Å². The molecular formula is C12H11F2N3O2S. The smallest absolute Gasteiger partial charge is 0.263 e. The zero-order chi connectivity index (χ0) is 14.9. The zero-order valence-corrected chi connectivity index (χ0v) is 11.2. The topological polar surface area (TPSA) is 85.1 Å². The highest BCUT2D eigenvalue weighted by Gasteiger charge is 2.18. The van der Waals surface area contributed by atoms with Crippen LogP contribution in [0.4, 0.5) is 20.3 Å². The van der Waals surface area contributed by atoms with Crippen molar-refractivity contribution in [2.45, 2.75) is 11.8 Å².